The lowest BCUT2D eigenvalue weighted by atomic mass is 9.98. The average molecular weight is 356 g/mol. The Labute approximate surface area is 132 Å². The summed E-state index contributed by atoms with van der Waals surface area (Å²) in [7, 11) is 1.37. The van der Waals surface area contributed by atoms with E-state index >= 15 is 0 Å². The first-order valence-corrected chi connectivity index (χ1v) is 7.63. The summed E-state index contributed by atoms with van der Waals surface area (Å²) in [5.41, 5.74) is 0. The van der Waals surface area contributed by atoms with E-state index in [0.29, 0.717) is 18.8 Å². The SMILES string of the molecule is COC(=O)C1CCCN(C(=O)COc2ccc(Br)cc2)C1. The number of rotatable bonds is 4. The van der Waals surface area contributed by atoms with Crippen LogP contribution in [0.1, 0.15) is 12.8 Å². The van der Waals surface area contributed by atoms with Gasteiger partial charge in [0.05, 0.1) is 13.0 Å². The van der Waals surface area contributed by atoms with Crippen LogP contribution in [0.2, 0.25) is 0 Å². The number of benzene rings is 1. The highest BCUT2D eigenvalue weighted by Crippen LogP contribution is 2.19. The highest BCUT2D eigenvalue weighted by Gasteiger charge is 2.29. The molecule has 21 heavy (non-hydrogen) atoms. The molecule has 1 amide bonds. The predicted molar refractivity (Wildman–Crippen MR) is 81.0 cm³/mol. The topological polar surface area (TPSA) is 55.8 Å². The molecule has 0 aliphatic carbocycles. The van der Waals surface area contributed by atoms with Gasteiger partial charge in [-0.25, -0.2) is 0 Å². The molecule has 1 aliphatic heterocycles. The lowest BCUT2D eigenvalue weighted by Crippen LogP contribution is -2.44. The lowest BCUT2D eigenvalue weighted by molar-refractivity contribution is -0.149. The summed E-state index contributed by atoms with van der Waals surface area (Å²) in [6.45, 7) is 1.06. The molecule has 0 radical (unpaired) electrons. The van der Waals surface area contributed by atoms with Gasteiger partial charge in [-0.2, -0.15) is 0 Å². The standard InChI is InChI=1S/C15H18BrNO4/c1-20-15(19)11-3-2-8-17(9-11)14(18)10-21-13-6-4-12(16)5-7-13/h4-7,11H,2-3,8-10H2,1H3. The minimum atomic E-state index is -0.249. The van der Waals surface area contributed by atoms with Gasteiger partial charge >= 0.3 is 5.97 Å². The number of ether oxygens (including phenoxy) is 2. The van der Waals surface area contributed by atoms with Crippen LogP contribution in [-0.2, 0) is 14.3 Å². The van der Waals surface area contributed by atoms with Gasteiger partial charge in [-0.3, -0.25) is 9.59 Å². The molecular formula is C15H18BrNO4. The molecule has 1 aromatic carbocycles. The predicted octanol–water partition coefficient (Wildman–Crippen LogP) is 2.24. The number of carbonyl (C=O) groups is 2. The normalized spacial score (nSPS) is 18.2. The summed E-state index contributed by atoms with van der Waals surface area (Å²) in [5, 5.41) is 0. The van der Waals surface area contributed by atoms with Gasteiger partial charge in [0.1, 0.15) is 5.75 Å². The van der Waals surface area contributed by atoms with E-state index in [1.165, 1.54) is 7.11 Å². The molecule has 1 saturated heterocycles. The van der Waals surface area contributed by atoms with E-state index < -0.39 is 0 Å². The highest BCUT2D eigenvalue weighted by atomic mass is 79.9. The van der Waals surface area contributed by atoms with Gasteiger partial charge in [-0.1, -0.05) is 15.9 Å². The smallest absolute Gasteiger partial charge is 0.310 e. The first-order valence-electron chi connectivity index (χ1n) is 6.84. The van der Waals surface area contributed by atoms with Crippen LogP contribution in [-0.4, -0.2) is 43.6 Å². The molecule has 0 bridgehead atoms. The van der Waals surface area contributed by atoms with Crippen molar-refractivity contribution in [1.82, 2.24) is 4.90 Å². The molecule has 1 unspecified atom stereocenters. The third kappa shape index (κ3) is 4.46. The number of halogens is 1. The first kappa shape index (κ1) is 15.8. The Bertz CT molecular complexity index is 503. The molecule has 5 nitrogen and oxygen atoms in total. The first-order chi connectivity index (χ1) is 10.1. The number of amides is 1. The van der Waals surface area contributed by atoms with Crippen molar-refractivity contribution in [2.45, 2.75) is 12.8 Å². The number of methoxy groups -OCH3 is 1. The number of nitrogens with zero attached hydrogens (tertiary/aromatic N) is 1. The Morgan fingerprint density at radius 1 is 1.33 bits per heavy atom. The van der Waals surface area contributed by atoms with Crippen LogP contribution in [0, 0.1) is 5.92 Å². The summed E-state index contributed by atoms with van der Waals surface area (Å²) in [6, 6.07) is 7.30. The maximum absolute atomic E-state index is 12.1. The van der Waals surface area contributed by atoms with Gasteiger partial charge in [-0.05, 0) is 37.1 Å². The molecular weight excluding hydrogens is 338 g/mol. The van der Waals surface area contributed by atoms with E-state index in [9.17, 15) is 9.59 Å². The van der Waals surface area contributed by atoms with Crippen molar-refractivity contribution in [1.29, 1.82) is 0 Å². The van der Waals surface area contributed by atoms with E-state index in [0.717, 1.165) is 17.3 Å². The number of carbonyl (C=O) groups excluding carboxylic acids is 2. The van der Waals surface area contributed by atoms with Gasteiger partial charge in [-0.15, -0.1) is 0 Å². The van der Waals surface area contributed by atoms with Crippen molar-refractivity contribution in [2.24, 2.45) is 5.92 Å². The average Bonchev–Trinajstić information content (AvgIpc) is 2.53. The molecule has 1 aromatic rings. The number of hydrogen-bond acceptors (Lipinski definition) is 4. The van der Waals surface area contributed by atoms with Crippen LogP contribution in [0.15, 0.2) is 28.7 Å². The van der Waals surface area contributed by atoms with E-state index in [2.05, 4.69) is 15.9 Å². The van der Waals surface area contributed by atoms with Gasteiger partial charge in [0, 0.05) is 17.6 Å². The molecule has 0 spiro atoms. The van der Waals surface area contributed by atoms with Crippen LogP contribution in [0.4, 0.5) is 0 Å². The van der Waals surface area contributed by atoms with E-state index in [4.69, 9.17) is 9.47 Å². The molecule has 1 atom stereocenters. The molecule has 2 rings (SSSR count). The third-order valence-corrected chi connectivity index (χ3v) is 4.01. The van der Waals surface area contributed by atoms with Crippen LogP contribution >= 0.6 is 15.9 Å². The Kier molecular flexibility index (Phi) is 5.61. The molecule has 0 aromatic heterocycles. The second kappa shape index (κ2) is 7.45. The fraction of sp³-hybridized carbons (Fsp3) is 0.467. The molecule has 6 heteroatoms. The maximum atomic E-state index is 12.1. The van der Waals surface area contributed by atoms with Gasteiger partial charge in [0.25, 0.3) is 5.91 Å². The number of piperidine rings is 1. The Morgan fingerprint density at radius 2 is 2.05 bits per heavy atom. The number of likely N-dealkylation sites (tertiary alicyclic amines) is 1. The summed E-state index contributed by atoms with van der Waals surface area (Å²) >= 11 is 3.34. The largest absolute Gasteiger partial charge is 0.484 e. The second-order valence-corrected chi connectivity index (χ2v) is 5.86. The van der Waals surface area contributed by atoms with Crippen molar-refractivity contribution in [3.63, 3.8) is 0 Å². The minimum absolute atomic E-state index is 0.0183. The summed E-state index contributed by atoms with van der Waals surface area (Å²) in [6.07, 6.45) is 1.58. The van der Waals surface area contributed by atoms with Crippen molar-refractivity contribution in [3.8, 4) is 5.75 Å². The zero-order chi connectivity index (χ0) is 15.2. The molecule has 1 aliphatic rings. The summed E-state index contributed by atoms with van der Waals surface area (Å²) < 4.78 is 11.2. The molecule has 1 heterocycles. The van der Waals surface area contributed by atoms with Gasteiger partial charge in [0.15, 0.2) is 6.61 Å². The van der Waals surface area contributed by atoms with E-state index in [1.54, 1.807) is 17.0 Å². The minimum Gasteiger partial charge on any atom is -0.484 e. The van der Waals surface area contributed by atoms with Crippen LogP contribution in [0.3, 0.4) is 0 Å². The fourth-order valence-electron chi connectivity index (χ4n) is 2.33. The van der Waals surface area contributed by atoms with Gasteiger partial charge in [0.2, 0.25) is 0 Å². The zero-order valence-corrected chi connectivity index (χ0v) is 13.5. The van der Waals surface area contributed by atoms with E-state index in [1.807, 2.05) is 12.1 Å². The quantitative estimate of drug-likeness (QED) is 0.777. The Hall–Kier alpha value is -1.56. The molecule has 1 fully saturated rings. The monoisotopic (exact) mass is 355 g/mol. The molecule has 114 valence electrons. The highest BCUT2D eigenvalue weighted by molar-refractivity contribution is 9.10. The number of hydrogen-bond donors (Lipinski definition) is 0. The van der Waals surface area contributed by atoms with Crippen molar-refractivity contribution in [2.75, 3.05) is 26.8 Å². The van der Waals surface area contributed by atoms with Crippen molar-refractivity contribution >= 4 is 27.8 Å². The third-order valence-electron chi connectivity index (χ3n) is 3.48. The lowest BCUT2D eigenvalue weighted by Gasteiger charge is -2.31. The second-order valence-electron chi connectivity index (χ2n) is 4.94. The van der Waals surface area contributed by atoms with Gasteiger partial charge < -0.3 is 14.4 Å². The zero-order valence-electron chi connectivity index (χ0n) is 11.9. The van der Waals surface area contributed by atoms with Crippen LogP contribution in [0.25, 0.3) is 0 Å². The Balaban J connectivity index is 1.85. The van der Waals surface area contributed by atoms with Crippen molar-refractivity contribution in [3.05, 3.63) is 28.7 Å². The fourth-order valence-corrected chi connectivity index (χ4v) is 2.59. The van der Waals surface area contributed by atoms with Crippen LogP contribution < -0.4 is 4.74 Å². The molecule has 0 N–H and O–H groups in total. The number of esters is 1. The molecule has 0 saturated carbocycles. The maximum Gasteiger partial charge on any atom is 0.310 e. The Morgan fingerprint density at radius 3 is 2.71 bits per heavy atom. The summed E-state index contributed by atoms with van der Waals surface area (Å²) in [4.78, 5) is 25.4. The van der Waals surface area contributed by atoms with Crippen LogP contribution in [0.5, 0.6) is 5.75 Å². The summed E-state index contributed by atoms with van der Waals surface area (Å²) in [5.74, 6) is 0.0707. The van der Waals surface area contributed by atoms with Crippen molar-refractivity contribution < 1.29 is 19.1 Å². The van der Waals surface area contributed by atoms with E-state index in [-0.39, 0.29) is 24.4 Å².